The quantitative estimate of drug-likeness (QED) is 0.892. The van der Waals surface area contributed by atoms with Crippen LogP contribution in [0.3, 0.4) is 0 Å². The Balaban J connectivity index is 2.00. The summed E-state index contributed by atoms with van der Waals surface area (Å²) >= 11 is 0. The molecule has 3 amide bonds. The van der Waals surface area contributed by atoms with Crippen molar-refractivity contribution in [3.05, 3.63) is 35.4 Å². The Morgan fingerprint density at radius 1 is 1.19 bits per heavy atom. The molecule has 2 unspecified atom stereocenters. The van der Waals surface area contributed by atoms with Gasteiger partial charge in [0.1, 0.15) is 0 Å². The van der Waals surface area contributed by atoms with E-state index in [2.05, 4.69) is 19.2 Å². The van der Waals surface area contributed by atoms with Gasteiger partial charge in [-0.15, -0.1) is 0 Å². The molecule has 0 bridgehead atoms. The lowest BCUT2D eigenvalue weighted by atomic mass is 9.91. The predicted molar refractivity (Wildman–Crippen MR) is 81.7 cm³/mol. The van der Waals surface area contributed by atoms with Gasteiger partial charge < -0.3 is 16.0 Å². The summed E-state index contributed by atoms with van der Waals surface area (Å²) < 4.78 is 0. The van der Waals surface area contributed by atoms with Crippen LogP contribution in [0.4, 0.5) is 4.79 Å². The molecular weight excluding hydrogens is 266 g/mol. The Morgan fingerprint density at radius 2 is 1.76 bits per heavy atom. The van der Waals surface area contributed by atoms with Crippen molar-refractivity contribution in [1.82, 2.24) is 10.2 Å². The maximum absolute atomic E-state index is 12.5. The standard InChI is InChI=1S/C16H23N3O2/c1-11-7-12(2)10-19(9-11)15(20)14-5-3-13(4-6-14)8-18-16(17)21/h3-6,11-12H,7-10H2,1-2H3,(H3,17,18,21). The highest BCUT2D eigenvalue weighted by atomic mass is 16.2. The van der Waals surface area contributed by atoms with Crippen molar-refractivity contribution in [2.24, 2.45) is 17.6 Å². The van der Waals surface area contributed by atoms with Crippen LogP contribution in [0, 0.1) is 11.8 Å². The van der Waals surface area contributed by atoms with E-state index in [9.17, 15) is 9.59 Å². The molecule has 0 radical (unpaired) electrons. The first-order chi connectivity index (χ1) is 9.95. The molecule has 0 spiro atoms. The third kappa shape index (κ3) is 4.21. The smallest absolute Gasteiger partial charge is 0.312 e. The number of piperidine rings is 1. The van der Waals surface area contributed by atoms with E-state index in [1.807, 2.05) is 29.2 Å². The number of likely N-dealkylation sites (tertiary alicyclic amines) is 1. The van der Waals surface area contributed by atoms with Crippen LogP contribution < -0.4 is 11.1 Å². The van der Waals surface area contributed by atoms with Gasteiger partial charge in [0.2, 0.25) is 0 Å². The van der Waals surface area contributed by atoms with Gasteiger partial charge in [0.25, 0.3) is 5.91 Å². The number of urea groups is 1. The fourth-order valence-electron chi connectivity index (χ4n) is 2.97. The summed E-state index contributed by atoms with van der Waals surface area (Å²) in [5.41, 5.74) is 6.65. The molecule has 1 fully saturated rings. The molecule has 1 aliphatic heterocycles. The van der Waals surface area contributed by atoms with E-state index in [0.717, 1.165) is 18.7 Å². The summed E-state index contributed by atoms with van der Waals surface area (Å²) in [7, 11) is 0. The Labute approximate surface area is 125 Å². The molecule has 5 nitrogen and oxygen atoms in total. The number of nitrogens with two attached hydrogens (primary N) is 1. The number of hydrogen-bond acceptors (Lipinski definition) is 2. The van der Waals surface area contributed by atoms with Crippen molar-refractivity contribution in [1.29, 1.82) is 0 Å². The number of amides is 3. The molecule has 1 aromatic rings. The molecule has 1 aliphatic rings. The molecule has 2 rings (SSSR count). The maximum atomic E-state index is 12.5. The third-order valence-electron chi connectivity index (χ3n) is 3.82. The highest BCUT2D eigenvalue weighted by Gasteiger charge is 2.25. The van der Waals surface area contributed by atoms with Crippen molar-refractivity contribution in [2.45, 2.75) is 26.8 Å². The Kier molecular flexibility index (Phi) is 4.83. The lowest BCUT2D eigenvalue weighted by molar-refractivity contribution is 0.0623. The van der Waals surface area contributed by atoms with E-state index in [0.29, 0.717) is 23.9 Å². The molecular formula is C16H23N3O2. The minimum Gasteiger partial charge on any atom is -0.352 e. The van der Waals surface area contributed by atoms with Gasteiger partial charge in [0.05, 0.1) is 0 Å². The Hall–Kier alpha value is -2.04. The van der Waals surface area contributed by atoms with Crippen LogP contribution in [0.1, 0.15) is 36.2 Å². The van der Waals surface area contributed by atoms with Gasteiger partial charge in [-0.2, -0.15) is 0 Å². The molecule has 0 aromatic heterocycles. The van der Waals surface area contributed by atoms with Crippen LogP contribution in [-0.2, 0) is 6.54 Å². The average Bonchev–Trinajstić information content (AvgIpc) is 2.44. The molecule has 1 saturated heterocycles. The van der Waals surface area contributed by atoms with E-state index in [-0.39, 0.29) is 5.91 Å². The van der Waals surface area contributed by atoms with E-state index in [4.69, 9.17) is 5.73 Å². The Morgan fingerprint density at radius 3 is 2.29 bits per heavy atom. The third-order valence-corrected chi connectivity index (χ3v) is 3.82. The van der Waals surface area contributed by atoms with Crippen molar-refractivity contribution >= 4 is 11.9 Å². The van der Waals surface area contributed by atoms with Gasteiger partial charge in [-0.25, -0.2) is 4.79 Å². The Bertz CT molecular complexity index is 503. The topological polar surface area (TPSA) is 75.4 Å². The van der Waals surface area contributed by atoms with Crippen molar-refractivity contribution < 1.29 is 9.59 Å². The van der Waals surface area contributed by atoms with Crippen molar-refractivity contribution in [2.75, 3.05) is 13.1 Å². The van der Waals surface area contributed by atoms with Crippen LogP contribution in [-0.4, -0.2) is 29.9 Å². The minimum atomic E-state index is -0.550. The summed E-state index contributed by atoms with van der Waals surface area (Å²) in [5.74, 6) is 1.19. The first-order valence-corrected chi connectivity index (χ1v) is 7.37. The van der Waals surface area contributed by atoms with E-state index < -0.39 is 6.03 Å². The molecule has 1 heterocycles. The normalized spacial score (nSPS) is 21.9. The zero-order valence-corrected chi connectivity index (χ0v) is 12.6. The number of benzene rings is 1. The number of nitrogens with zero attached hydrogens (tertiary/aromatic N) is 1. The van der Waals surface area contributed by atoms with E-state index in [1.54, 1.807) is 0 Å². The van der Waals surface area contributed by atoms with Crippen molar-refractivity contribution in [3.63, 3.8) is 0 Å². The number of hydrogen-bond donors (Lipinski definition) is 2. The largest absolute Gasteiger partial charge is 0.352 e. The molecule has 1 aromatic carbocycles. The molecule has 3 N–H and O–H groups in total. The van der Waals surface area contributed by atoms with Gasteiger partial charge in [-0.3, -0.25) is 4.79 Å². The van der Waals surface area contributed by atoms with Crippen LogP contribution in [0.15, 0.2) is 24.3 Å². The number of nitrogens with one attached hydrogen (secondary N) is 1. The summed E-state index contributed by atoms with van der Waals surface area (Å²) in [6.45, 7) is 6.41. The number of rotatable bonds is 3. The second-order valence-electron chi connectivity index (χ2n) is 6.07. The van der Waals surface area contributed by atoms with Gasteiger partial charge in [0.15, 0.2) is 0 Å². The highest BCUT2D eigenvalue weighted by molar-refractivity contribution is 5.94. The average molecular weight is 289 g/mol. The highest BCUT2D eigenvalue weighted by Crippen LogP contribution is 2.22. The lowest BCUT2D eigenvalue weighted by Crippen LogP contribution is -2.42. The van der Waals surface area contributed by atoms with Crippen LogP contribution in [0.5, 0.6) is 0 Å². The number of carbonyl (C=O) groups excluding carboxylic acids is 2. The molecule has 0 saturated carbocycles. The minimum absolute atomic E-state index is 0.0859. The summed E-state index contributed by atoms with van der Waals surface area (Å²) in [6.07, 6.45) is 1.18. The van der Waals surface area contributed by atoms with Gasteiger partial charge in [-0.05, 0) is 36.0 Å². The lowest BCUT2D eigenvalue weighted by Gasteiger charge is -2.35. The van der Waals surface area contributed by atoms with Gasteiger partial charge in [-0.1, -0.05) is 26.0 Å². The second kappa shape index (κ2) is 6.61. The number of primary amides is 1. The number of carbonyl (C=O) groups is 2. The molecule has 0 aliphatic carbocycles. The fourth-order valence-corrected chi connectivity index (χ4v) is 2.97. The first-order valence-electron chi connectivity index (χ1n) is 7.37. The monoisotopic (exact) mass is 289 g/mol. The predicted octanol–water partition coefficient (Wildman–Crippen LogP) is 1.97. The SMILES string of the molecule is CC1CC(C)CN(C(=O)c2ccc(CNC(N)=O)cc2)C1. The zero-order valence-electron chi connectivity index (χ0n) is 12.6. The van der Waals surface area contributed by atoms with E-state index >= 15 is 0 Å². The second-order valence-corrected chi connectivity index (χ2v) is 6.07. The van der Waals surface area contributed by atoms with Crippen LogP contribution in [0.25, 0.3) is 0 Å². The first kappa shape index (κ1) is 15.4. The molecule has 114 valence electrons. The molecule has 21 heavy (non-hydrogen) atoms. The van der Waals surface area contributed by atoms with Crippen LogP contribution >= 0.6 is 0 Å². The summed E-state index contributed by atoms with van der Waals surface area (Å²) in [6, 6.07) is 6.76. The maximum Gasteiger partial charge on any atom is 0.312 e. The fraction of sp³-hybridized carbons (Fsp3) is 0.500. The zero-order chi connectivity index (χ0) is 15.4. The van der Waals surface area contributed by atoms with E-state index in [1.165, 1.54) is 6.42 Å². The van der Waals surface area contributed by atoms with Crippen molar-refractivity contribution in [3.8, 4) is 0 Å². The van der Waals surface area contributed by atoms with Crippen LogP contribution in [0.2, 0.25) is 0 Å². The molecule has 2 atom stereocenters. The van der Waals surface area contributed by atoms with Gasteiger partial charge >= 0.3 is 6.03 Å². The molecule has 5 heteroatoms. The summed E-state index contributed by atoms with van der Waals surface area (Å²) in [5, 5.41) is 2.53. The summed E-state index contributed by atoms with van der Waals surface area (Å²) in [4.78, 5) is 25.1. The van der Waals surface area contributed by atoms with Gasteiger partial charge in [0, 0.05) is 25.2 Å².